The number of amides is 3. The van der Waals surface area contributed by atoms with Crippen LogP contribution in [0.15, 0.2) is 60.8 Å². The van der Waals surface area contributed by atoms with Gasteiger partial charge < -0.3 is 31.0 Å². The predicted molar refractivity (Wildman–Crippen MR) is 160 cm³/mol. The molecule has 2 aromatic carbocycles. The smallest absolute Gasteiger partial charge is 0.314 e. The summed E-state index contributed by atoms with van der Waals surface area (Å²) in [6, 6.07) is 16.5. The number of para-hydroxylation sites is 1. The number of nitrogens with zero attached hydrogens (tertiary/aromatic N) is 1. The third kappa shape index (κ3) is 6.99. The molecule has 1 aliphatic heterocycles. The van der Waals surface area contributed by atoms with E-state index in [1.807, 2.05) is 60.8 Å². The maximum absolute atomic E-state index is 14.3. The Morgan fingerprint density at radius 3 is 2.52 bits per heavy atom. The molecule has 224 valence electrons. The lowest BCUT2D eigenvalue weighted by Crippen LogP contribution is -2.61. The fraction of sp³-hybridized carbons (Fsp3) is 0.438. The topological polar surface area (TPSA) is 147 Å². The lowest BCUT2D eigenvalue weighted by Gasteiger charge is -2.42. The Morgan fingerprint density at radius 1 is 1.10 bits per heavy atom. The molecule has 0 radical (unpaired) electrons. The first-order valence-corrected chi connectivity index (χ1v) is 14.5. The fourth-order valence-electron chi connectivity index (χ4n) is 5.71. The summed E-state index contributed by atoms with van der Waals surface area (Å²) in [5, 5.41) is 6.47. The van der Waals surface area contributed by atoms with E-state index in [9.17, 15) is 19.2 Å². The molecule has 5 N–H and O–H groups in total. The van der Waals surface area contributed by atoms with Gasteiger partial charge in [-0.2, -0.15) is 0 Å². The van der Waals surface area contributed by atoms with Gasteiger partial charge in [0.15, 0.2) is 0 Å². The minimum Gasteiger partial charge on any atom is -0.466 e. The molecule has 0 spiro atoms. The van der Waals surface area contributed by atoms with Crippen molar-refractivity contribution in [2.45, 2.75) is 58.0 Å². The third-order valence-electron chi connectivity index (χ3n) is 7.89. The van der Waals surface area contributed by atoms with Crippen LogP contribution in [0.5, 0.6) is 0 Å². The second kappa shape index (κ2) is 13.2. The van der Waals surface area contributed by atoms with Gasteiger partial charge in [-0.25, -0.2) is 0 Å². The van der Waals surface area contributed by atoms with Crippen LogP contribution < -0.4 is 16.4 Å². The van der Waals surface area contributed by atoms with Crippen molar-refractivity contribution < 1.29 is 23.9 Å². The van der Waals surface area contributed by atoms with Crippen LogP contribution in [0.3, 0.4) is 0 Å². The number of aromatic nitrogens is 1. The number of likely N-dealkylation sites (tertiary alicyclic amines) is 1. The van der Waals surface area contributed by atoms with Gasteiger partial charge in [-0.15, -0.1) is 0 Å². The van der Waals surface area contributed by atoms with Gasteiger partial charge in [-0.05, 0) is 57.2 Å². The van der Waals surface area contributed by atoms with Crippen LogP contribution in [0.25, 0.3) is 10.9 Å². The zero-order chi connectivity index (χ0) is 30.3. The molecule has 10 nitrogen and oxygen atoms in total. The van der Waals surface area contributed by atoms with Crippen molar-refractivity contribution >= 4 is 34.6 Å². The van der Waals surface area contributed by atoms with Crippen LogP contribution in [-0.4, -0.2) is 71.4 Å². The number of hydrogen-bond donors (Lipinski definition) is 4. The number of ether oxygens (including phenoxy) is 1. The quantitative estimate of drug-likeness (QED) is 0.258. The lowest BCUT2D eigenvalue weighted by atomic mass is 9.75. The SMILES string of the molecule is CCOC(=O)[C@]1(Cc2ccccc2)CCCN(C(=O)[C@@H](Cc2c[nH]c3ccccc23)NC(=O)C(C)(C)NC(=O)CN)C1. The number of benzene rings is 2. The maximum Gasteiger partial charge on any atom is 0.314 e. The van der Waals surface area contributed by atoms with Gasteiger partial charge in [0.1, 0.15) is 11.6 Å². The molecule has 0 unspecified atom stereocenters. The zero-order valence-corrected chi connectivity index (χ0v) is 24.6. The molecule has 0 aliphatic carbocycles. The summed E-state index contributed by atoms with van der Waals surface area (Å²) in [6.45, 7) is 5.50. The van der Waals surface area contributed by atoms with Gasteiger partial charge in [0, 0.05) is 36.6 Å². The number of carbonyl (C=O) groups excluding carboxylic acids is 4. The molecule has 3 amide bonds. The molecule has 1 aliphatic rings. The van der Waals surface area contributed by atoms with Crippen LogP contribution in [0.4, 0.5) is 0 Å². The third-order valence-corrected chi connectivity index (χ3v) is 7.89. The summed E-state index contributed by atoms with van der Waals surface area (Å²) in [5.74, 6) is -1.61. The van der Waals surface area contributed by atoms with Crippen molar-refractivity contribution in [3.63, 3.8) is 0 Å². The number of piperidine rings is 1. The number of rotatable bonds is 11. The van der Waals surface area contributed by atoms with E-state index in [1.165, 1.54) is 0 Å². The van der Waals surface area contributed by atoms with E-state index in [0.717, 1.165) is 22.0 Å². The first kappa shape index (κ1) is 30.8. The Morgan fingerprint density at radius 2 is 1.81 bits per heavy atom. The number of hydrogen-bond acceptors (Lipinski definition) is 6. The van der Waals surface area contributed by atoms with Crippen molar-refractivity contribution in [3.05, 3.63) is 71.9 Å². The standard InChI is InChI=1S/C32H41N5O5/c1-4-42-30(41)32(18-22-11-6-5-7-12-22)15-10-16-37(21-32)28(39)26(35-29(40)31(2,3)36-27(38)19-33)17-23-20-34-25-14-9-8-13-24(23)25/h5-9,11-14,20,26,34H,4,10,15-19,21,33H2,1-3H3,(H,35,40)(H,36,38)/t26-,32+/m1/s1. The van der Waals surface area contributed by atoms with Gasteiger partial charge in [0.25, 0.3) is 0 Å². The van der Waals surface area contributed by atoms with E-state index in [0.29, 0.717) is 25.8 Å². The average molecular weight is 576 g/mol. The Hall–Kier alpha value is -4.18. The van der Waals surface area contributed by atoms with Crippen LogP contribution in [0.2, 0.25) is 0 Å². The predicted octanol–water partition coefficient (Wildman–Crippen LogP) is 2.46. The summed E-state index contributed by atoms with van der Waals surface area (Å²) in [6.07, 6.45) is 3.70. The highest BCUT2D eigenvalue weighted by Crippen LogP contribution is 2.36. The molecular formula is C32H41N5O5. The van der Waals surface area contributed by atoms with Crippen LogP contribution in [0, 0.1) is 5.41 Å². The van der Waals surface area contributed by atoms with Crippen molar-refractivity contribution in [1.29, 1.82) is 0 Å². The number of nitrogens with one attached hydrogen (secondary N) is 3. The number of aromatic amines is 1. The Labute approximate surface area is 246 Å². The number of fused-ring (bicyclic) bond motifs is 1. The van der Waals surface area contributed by atoms with Gasteiger partial charge in [-0.1, -0.05) is 48.5 Å². The number of carbonyl (C=O) groups is 4. The van der Waals surface area contributed by atoms with Gasteiger partial charge in [0.05, 0.1) is 18.6 Å². The molecule has 2 heterocycles. The first-order chi connectivity index (χ1) is 20.1. The average Bonchev–Trinajstić information content (AvgIpc) is 3.39. The monoisotopic (exact) mass is 575 g/mol. The Kier molecular flexibility index (Phi) is 9.67. The van der Waals surface area contributed by atoms with Crippen LogP contribution in [-0.2, 0) is 36.8 Å². The van der Waals surface area contributed by atoms with Crippen molar-refractivity contribution in [2.24, 2.45) is 11.1 Å². The lowest BCUT2D eigenvalue weighted by molar-refractivity contribution is -0.161. The summed E-state index contributed by atoms with van der Waals surface area (Å²) in [5.41, 5.74) is 6.01. The number of esters is 1. The summed E-state index contributed by atoms with van der Waals surface area (Å²) >= 11 is 0. The molecule has 1 aromatic heterocycles. The molecule has 1 saturated heterocycles. The molecule has 42 heavy (non-hydrogen) atoms. The second-order valence-electron chi connectivity index (χ2n) is 11.5. The molecule has 4 rings (SSSR count). The normalized spacial score (nSPS) is 17.9. The number of H-pyrrole nitrogens is 1. The molecule has 0 bridgehead atoms. The second-order valence-corrected chi connectivity index (χ2v) is 11.5. The van der Waals surface area contributed by atoms with E-state index in [4.69, 9.17) is 10.5 Å². The minimum absolute atomic E-state index is 0.174. The van der Waals surface area contributed by atoms with Crippen molar-refractivity contribution in [3.8, 4) is 0 Å². The highest BCUT2D eigenvalue weighted by Gasteiger charge is 2.46. The fourth-order valence-corrected chi connectivity index (χ4v) is 5.71. The number of nitrogens with two attached hydrogens (primary N) is 1. The Balaban J connectivity index is 1.64. The highest BCUT2D eigenvalue weighted by molar-refractivity contribution is 5.95. The summed E-state index contributed by atoms with van der Waals surface area (Å²) in [7, 11) is 0. The van der Waals surface area contributed by atoms with Crippen molar-refractivity contribution in [2.75, 3.05) is 26.2 Å². The zero-order valence-electron chi connectivity index (χ0n) is 24.6. The van der Waals surface area contributed by atoms with E-state index in [1.54, 1.807) is 25.7 Å². The van der Waals surface area contributed by atoms with E-state index in [2.05, 4.69) is 15.6 Å². The Bertz CT molecular complexity index is 1420. The van der Waals surface area contributed by atoms with Gasteiger partial charge in [0.2, 0.25) is 17.7 Å². The molecule has 3 aromatic rings. The molecular weight excluding hydrogens is 534 g/mol. The molecule has 2 atom stereocenters. The van der Waals surface area contributed by atoms with Gasteiger partial charge >= 0.3 is 5.97 Å². The summed E-state index contributed by atoms with van der Waals surface area (Å²) < 4.78 is 5.53. The van der Waals surface area contributed by atoms with E-state index < -0.39 is 28.8 Å². The van der Waals surface area contributed by atoms with Crippen LogP contribution >= 0.6 is 0 Å². The molecule has 0 saturated carbocycles. The molecule has 10 heteroatoms. The van der Waals surface area contributed by atoms with Crippen LogP contribution in [0.1, 0.15) is 44.7 Å². The van der Waals surface area contributed by atoms with Gasteiger partial charge in [-0.3, -0.25) is 19.2 Å². The summed E-state index contributed by atoms with van der Waals surface area (Å²) in [4.78, 5) is 58.0. The van der Waals surface area contributed by atoms with E-state index >= 15 is 0 Å². The van der Waals surface area contributed by atoms with E-state index in [-0.39, 0.29) is 38.0 Å². The highest BCUT2D eigenvalue weighted by atomic mass is 16.5. The molecule has 1 fully saturated rings. The largest absolute Gasteiger partial charge is 0.466 e. The van der Waals surface area contributed by atoms with Crippen molar-refractivity contribution in [1.82, 2.24) is 20.5 Å². The first-order valence-electron chi connectivity index (χ1n) is 14.5. The minimum atomic E-state index is -1.31. The maximum atomic E-state index is 14.3.